The van der Waals surface area contributed by atoms with Gasteiger partial charge in [0.25, 0.3) is 5.91 Å². The van der Waals surface area contributed by atoms with Crippen LogP contribution in [-0.2, 0) is 10.7 Å². The van der Waals surface area contributed by atoms with Gasteiger partial charge in [0.2, 0.25) is 11.8 Å². The molecule has 0 bridgehead atoms. The van der Waals surface area contributed by atoms with Gasteiger partial charge in [0.1, 0.15) is 11.4 Å². The average molecular weight is 693 g/mol. The maximum atomic E-state index is 14.9. The quantitative estimate of drug-likeness (QED) is 0.250. The van der Waals surface area contributed by atoms with E-state index in [2.05, 4.69) is 25.4 Å². The first-order valence-electron chi connectivity index (χ1n) is 16.1. The van der Waals surface area contributed by atoms with E-state index in [1.165, 1.54) is 12.4 Å². The molecule has 0 unspecified atom stereocenters. The minimum absolute atomic E-state index is 0.0169. The van der Waals surface area contributed by atoms with Gasteiger partial charge in [-0.25, -0.2) is 27.9 Å². The Bertz CT molecular complexity index is 1680. The van der Waals surface area contributed by atoms with E-state index in [9.17, 15) is 31.5 Å². The van der Waals surface area contributed by atoms with Gasteiger partial charge in [-0.2, -0.15) is 13.8 Å². The zero-order chi connectivity index (χ0) is 35.2. The van der Waals surface area contributed by atoms with Crippen LogP contribution in [0.5, 0.6) is 0 Å². The summed E-state index contributed by atoms with van der Waals surface area (Å²) in [7, 11) is 0. The fourth-order valence-electron chi connectivity index (χ4n) is 6.29. The third-order valence-electron chi connectivity index (χ3n) is 8.74. The maximum absolute atomic E-state index is 14.9. The van der Waals surface area contributed by atoms with Crippen LogP contribution in [0.2, 0.25) is 0 Å². The number of piperidine rings is 1. The van der Waals surface area contributed by atoms with Crippen LogP contribution in [0.15, 0.2) is 29.0 Å². The summed E-state index contributed by atoms with van der Waals surface area (Å²) in [5.41, 5.74) is -0.672. The topological polar surface area (TPSA) is 130 Å². The monoisotopic (exact) mass is 692 g/mol. The Morgan fingerprint density at radius 1 is 0.918 bits per heavy atom. The summed E-state index contributed by atoms with van der Waals surface area (Å²) < 4.78 is 80.4. The van der Waals surface area contributed by atoms with E-state index in [0.29, 0.717) is 38.9 Å². The van der Waals surface area contributed by atoms with Gasteiger partial charge in [-0.1, -0.05) is 5.16 Å². The standard InChI is InChI=1S/C32H37F5N8O4/c1-31(2,3)48-30(47)40-25-16-44(15-21(25)20-11-23(34)24(35)12-22(20)33)28-38-13-17(14-39-28)26(46)45(18-5-6-18)19-7-9-43(10-8-19)29-41-27(42-49-29)32(4,36)37/h11-14,18-19,21,25H,5-10,15-16H2,1-4H3,(H,40,47)/t21-,25+/m1/s1. The van der Waals surface area contributed by atoms with Gasteiger partial charge >= 0.3 is 18.0 Å². The molecule has 2 saturated heterocycles. The number of carbonyl (C=O) groups is 2. The number of alkyl carbamates (subject to hydrolysis) is 1. The first-order valence-corrected chi connectivity index (χ1v) is 16.1. The molecule has 2 amide bonds. The smallest absolute Gasteiger partial charge is 0.407 e. The summed E-state index contributed by atoms with van der Waals surface area (Å²) in [5, 5.41) is 6.10. The number of benzene rings is 1. The van der Waals surface area contributed by atoms with Gasteiger partial charge in [-0.05, 0) is 58.1 Å². The normalized spacial score (nSPS) is 20.4. The molecule has 1 aliphatic carbocycles. The zero-order valence-electron chi connectivity index (χ0n) is 27.4. The molecule has 3 fully saturated rings. The first kappa shape index (κ1) is 34.3. The second-order valence-corrected chi connectivity index (χ2v) is 13.8. The summed E-state index contributed by atoms with van der Waals surface area (Å²) in [5.74, 6) is -8.26. The van der Waals surface area contributed by atoms with Gasteiger partial charge < -0.3 is 29.3 Å². The highest BCUT2D eigenvalue weighted by Crippen LogP contribution is 2.36. The van der Waals surface area contributed by atoms with Crippen LogP contribution in [0.4, 0.5) is 38.7 Å². The van der Waals surface area contributed by atoms with Crippen LogP contribution in [0, 0.1) is 17.5 Å². The molecule has 2 aliphatic heterocycles. The van der Waals surface area contributed by atoms with Crippen molar-refractivity contribution in [1.82, 2.24) is 30.3 Å². The number of halogens is 5. The molecule has 1 N–H and O–H groups in total. The number of alkyl halides is 2. The van der Waals surface area contributed by atoms with Crippen LogP contribution in [-0.4, -0.2) is 86.9 Å². The molecule has 1 aromatic carbocycles. The number of ether oxygens (including phenoxy) is 1. The Labute approximate surface area is 279 Å². The fourth-order valence-corrected chi connectivity index (χ4v) is 6.29. The Morgan fingerprint density at radius 3 is 2.14 bits per heavy atom. The van der Waals surface area contributed by atoms with Crippen molar-refractivity contribution in [2.24, 2.45) is 0 Å². The molecule has 2 atom stereocenters. The van der Waals surface area contributed by atoms with Crippen molar-refractivity contribution >= 4 is 24.0 Å². The Balaban J connectivity index is 1.15. The number of hydrogen-bond donors (Lipinski definition) is 1. The number of aromatic nitrogens is 4. The van der Waals surface area contributed by atoms with Crippen molar-refractivity contribution in [3.05, 3.63) is 58.9 Å². The average Bonchev–Trinajstić information content (AvgIpc) is 3.55. The molecule has 4 heterocycles. The highest BCUT2D eigenvalue weighted by atomic mass is 19.3. The van der Waals surface area contributed by atoms with Crippen molar-refractivity contribution in [1.29, 1.82) is 0 Å². The van der Waals surface area contributed by atoms with E-state index in [1.807, 2.05) is 4.90 Å². The van der Waals surface area contributed by atoms with Crippen molar-refractivity contribution < 1.29 is 40.8 Å². The minimum atomic E-state index is -3.22. The van der Waals surface area contributed by atoms with Gasteiger partial charge in [0, 0.05) is 69.6 Å². The SMILES string of the molecule is CC(C)(C)OC(=O)N[C@H]1CN(c2ncc(C(=O)N(C3CC3)C3CCN(c4nc(C(C)(F)F)no4)CC3)cn2)C[C@@H]1c1cc(F)c(F)cc1F. The number of amides is 2. The van der Waals surface area contributed by atoms with Crippen LogP contribution in [0.1, 0.15) is 81.0 Å². The van der Waals surface area contributed by atoms with Crippen LogP contribution < -0.4 is 15.1 Å². The number of nitrogens with zero attached hydrogens (tertiary/aromatic N) is 7. The first-order chi connectivity index (χ1) is 23.1. The van der Waals surface area contributed by atoms with E-state index in [1.54, 1.807) is 30.6 Å². The summed E-state index contributed by atoms with van der Waals surface area (Å²) in [6, 6.07) is 0.443. The number of hydrogen-bond acceptors (Lipinski definition) is 10. The van der Waals surface area contributed by atoms with E-state index in [0.717, 1.165) is 18.9 Å². The molecule has 1 saturated carbocycles. The molecule has 6 rings (SSSR count). The predicted octanol–water partition coefficient (Wildman–Crippen LogP) is 5.16. The molecule has 0 spiro atoms. The number of nitrogens with one attached hydrogen (secondary N) is 1. The van der Waals surface area contributed by atoms with Crippen molar-refractivity contribution in [3.63, 3.8) is 0 Å². The zero-order valence-corrected chi connectivity index (χ0v) is 27.4. The molecule has 264 valence electrons. The van der Waals surface area contributed by atoms with Gasteiger partial charge in [-0.15, -0.1) is 0 Å². The Hall–Kier alpha value is -4.57. The van der Waals surface area contributed by atoms with E-state index >= 15 is 0 Å². The molecule has 12 nitrogen and oxygen atoms in total. The molecule has 49 heavy (non-hydrogen) atoms. The largest absolute Gasteiger partial charge is 0.444 e. The van der Waals surface area contributed by atoms with E-state index in [4.69, 9.17) is 9.26 Å². The Morgan fingerprint density at radius 2 is 1.55 bits per heavy atom. The minimum Gasteiger partial charge on any atom is -0.444 e. The van der Waals surface area contributed by atoms with Gasteiger partial charge in [0.15, 0.2) is 11.6 Å². The molecular formula is C32H37F5N8O4. The summed E-state index contributed by atoms with van der Waals surface area (Å²) in [6.07, 6.45) is 4.87. The van der Waals surface area contributed by atoms with Crippen LogP contribution in [0.3, 0.4) is 0 Å². The highest BCUT2D eigenvalue weighted by molar-refractivity contribution is 5.94. The van der Waals surface area contributed by atoms with E-state index < -0.39 is 52.9 Å². The van der Waals surface area contributed by atoms with Crippen molar-refractivity contribution in [3.8, 4) is 0 Å². The van der Waals surface area contributed by atoms with Crippen LogP contribution in [0.25, 0.3) is 0 Å². The lowest BCUT2D eigenvalue weighted by Gasteiger charge is -2.38. The third kappa shape index (κ3) is 7.69. The predicted molar refractivity (Wildman–Crippen MR) is 165 cm³/mol. The second kappa shape index (κ2) is 13.0. The molecule has 17 heteroatoms. The third-order valence-corrected chi connectivity index (χ3v) is 8.74. The number of carbonyl (C=O) groups excluding carboxylic acids is 2. The Kier molecular flexibility index (Phi) is 9.13. The van der Waals surface area contributed by atoms with Crippen molar-refractivity contribution in [2.45, 2.75) is 88.9 Å². The summed E-state index contributed by atoms with van der Waals surface area (Å²) in [6.45, 7) is 6.78. The molecular weight excluding hydrogens is 655 g/mol. The summed E-state index contributed by atoms with van der Waals surface area (Å²) >= 11 is 0. The number of rotatable bonds is 8. The highest BCUT2D eigenvalue weighted by Gasteiger charge is 2.42. The van der Waals surface area contributed by atoms with Crippen molar-refractivity contribution in [2.75, 3.05) is 36.0 Å². The lowest BCUT2D eigenvalue weighted by atomic mass is 9.93. The maximum Gasteiger partial charge on any atom is 0.407 e. The lowest BCUT2D eigenvalue weighted by molar-refractivity contribution is 0.00556. The lowest BCUT2D eigenvalue weighted by Crippen LogP contribution is -2.48. The summed E-state index contributed by atoms with van der Waals surface area (Å²) in [4.78, 5) is 44.3. The van der Waals surface area contributed by atoms with Crippen LogP contribution >= 0.6 is 0 Å². The van der Waals surface area contributed by atoms with E-state index in [-0.39, 0.29) is 54.2 Å². The fraction of sp³-hybridized carbons (Fsp3) is 0.562. The van der Waals surface area contributed by atoms with Gasteiger partial charge in [-0.3, -0.25) is 4.79 Å². The number of anilines is 2. The second-order valence-electron chi connectivity index (χ2n) is 13.8. The van der Waals surface area contributed by atoms with Gasteiger partial charge in [0.05, 0.1) is 11.6 Å². The molecule has 0 radical (unpaired) electrons. The molecule has 2 aromatic heterocycles. The molecule has 3 aromatic rings. The molecule has 3 aliphatic rings.